The van der Waals surface area contributed by atoms with E-state index in [0.717, 1.165) is 49.7 Å². The van der Waals surface area contributed by atoms with E-state index in [1.807, 2.05) is 12.1 Å². The number of anilines is 2. The minimum atomic E-state index is 0.521. The van der Waals surface area contributed by atoms with Crippen LogP contribution in [0.2, 0.25) is 0 Å². The molecule has 1 fully saturated rings. The third-order valence-corrected chi connectivity index (χ3v) is 3.91. The molecule has 0 radical (unpaired) electrons. The van der Waals surface area contributed by atoms with Crippen LogP contribution in [-0.2, 0) is 4.74 Å². The maximum Gasteiger partial charge on any atom is 0.170 e. The van der Waals surface area contributed by atoms with E-state index in [2.05, 4.69) is 39.7 Å². The number of ether oxygens (including phenoxy) is 1. The summed E-state index contributed by atoms with van der Waals surface area (Å²) in [5.41, 5.74) is 3.22. The molecule has 0 unspecified atom stereocenters. The van der Waals surface area contributed by atoms with Crippen LogP contribution in [0.1, 0.15) is 13.8 Å². The Morgan fingerprint density at radius 2 is 2.00 bits per heavy atom. The summed E-state index contributed by atoms with van der Waals surface area (Å²) in [6.07, 6.45) is 0. The molecule has 0 spiro atoms. The zero-order valence-corrected chi connectivity index (χ0v) is 14.2. The van der Waals surface area contributed by atoms with E-state index >= 15 is 0 Å². The first-order chi connectivity index (χ1) is 11.1. The minimum absolute atomic E-state index is 0.521. The third-order valence-electron chi connectivity index (χ3n) is 3.66. The van der Waals surface area contributed by atoms with Crippen molar-refractivity contribution in [3.05, 3.63) is 12.1 Å². The summed E-state index contributed by atoms with van der Waals surface area (Å²) in [6, 6.07) is 3.98. The molecule has 2 aromatic rings. The molecule has 23 heavy (non-hydrogen) atoms. The largest absolute Gasteiger partial charge is 0.378 e. The highest BCUT2D eigenvalue weighted by molar-refractivity contribution is 7.80. The zero-order valence-electron chi connectivity index (χ0n) is 13.3. The predicted molar refractivity (Wildman–Crippen MR) is 93.9 cm³/mol. The van der Waals surface area contributed by atoms with Crippen molar-refractivity contribution >= 4 is 39.7 Å². The van der Waals surface area contributed by atoms with Gasteiger partial charge in [0.05, 0.1) is 24.6 Å². The first kappa shape index (κ1) is 15.9. The van der Waals surface area contributed by atoms with Gasteiger partial charge in [0.25, 0.3) is 0 Å². The third kappa shape index (κ3) is 3.70. The molecule has 1 aromatic carbocycles. The van der Waals surface area contributed by atoms with Gasteiger partial charge in [-0.05, 0) is 40.6 Å². The van der Waals surface area contributed by atoms with E-state index in [1.165, 1.54) is 0 Å². The van der Waals surface area contributed by atoms with E-state index in [0.29, 0.717) is 16.5 Å². The summed E-state index contributed by atoms with van der Waals surface area (Å²) in [7, 11) is 0. The van der Waals surface area contributed by atoms with Crippen LogP contribution in [0.25, 0.3) is 11.0 Å². The van der Waals surface area contributed by atoms with E-state index < -0.39 is 0 Å². The lowest BCUT2D eigenvalue weighted by Crippen LogP contribution is -2.36. The number of benzene rings is 1. The van der Waals surface area contributed by atoms with Crippen LogP contribution in [-0.4, -0.2) is 48.3 Å². The molecule has 3 rings (SSSR count). The molecule has 0 aliphatic carbocycles. The van der Waals surface area contributed by atoms with Gasteiger partial charge in [0, 0.05) is 19.6 Å². The summed E-state index contributed by atoms with van der Waals surface area (Å²) in [5, 5.41) is 15.0. The molecule has 0 saturated carbocycles. The quantitative estimate of drug-likeness (QED) is 0.822. The topological polar surface area (TPSA) is 75.5 Å². The normalized spacial score (nSPS) is 15.2. The van der Waals surface area contributed by atoms with Crippen molar-refractivity contribution in [2.75, 3.05) is 43.1 Å². The van der Waals surface area contributed by atoms with Crippen molar-refractivity contribution in [2.45, 2.75) is 13.8 Å². The maximum atomic E-state index is 5.40. The second kappa shape index (κ2) is 7.10. The Labute approximate surface area is 140 Å². The molecule has 2 heterocycles. The predicted octanol–water partition coefficient (Wildman–Crippen LogP) is 2.00. The molecule has 7 nitrogen and oxygen atoms in total. The fourth-order valence-electron chi connectivity index (χ4n) is 2.48. The van der Waals surface area contributed by atoms with E-state index in [4.69, 9.17) is 21.6 Å². The Balaban J connectivity index is 1.80. The van der Waals surface area contributed by atoms with Crippen molar-refractivity contribution in [1.82, 2.24) is 15.6 Å². The standard InChI is InChI=1S/C15H21N5O2S/c1-10(2)9-16-15(23)17-11-3-4-12(14-13(11)18-22-19-14)20-5-7-21-8-6-20/h3-4,10H,5-9H2,1-2H3,(H2,16,17,23). The summed E-state index contributed by atoms with van der Waals surface area (Å²) in [6.45, 7) is 8.19. The van der Waals surface area contributed by atoms with Crippen LogP contribution >= 0.6 is 12.2 Å². The highest BCUT2D eigenvalue weighted by Crippen LogP contribution is 2.30. The zero-order chi connectivity index (χ0) is 16.2. The van der Waals surface area contributed by atoms with Gasteiger partial charge in [0.2, 0.25) is 0 Å². The van der Waals surface area contributed by atoms with Gasteiger partial charge in [-0.1, -0.05) is 13.8 Å². The highest BCUT2D eigenvalue weighted by Gasteiger charge is 2.19. The molecule has 0 bridgehead atoms. The van der Waals surface area contributed by atoms with E-state index in [-0.39, 0.29) is 0 Å². The van der Waals surface area contributed by atoms with Crippen molar-refractivity contribution in [3.63, 3.8) is 0 Å². The van der Waals surface area contributed by atoms with Crippen molar-refractivity contribution < 1.29 is 9.37 Å². The molecule has 1 aromatic heterocycles. The smallest absolute Gasteiger partial charge is 0.170 e. The Morgan fingerprint density at radius 1 is 1.26 bits per heavy atom. The first-order valence-electron chi connectivity index (χ1n) is 7.78. The second-order valence-electron chi connectivity index (χ2n) is 5.92. The minimum Gasteiger partial charge on any atom is -0.378 e. The van der Waals surface area contributed by atoms with Gasteiger partial charge >= 0.3 is 0 Å². The number of aromatic nitrogens is 2. The van der Waals surface area contributed by atoms with Crippen LogP contribution in [0.4, 0.5) is 11.4 Å². The van der Waals surface area contributed by atoms with E-state index in [9.17, 15) is 0 Å². The fourth-order valence-corrected chi connectivity index (χ4v) is 2.67. The van der Waals surface area contributed by atoms with Crippen LogP contribution < -0.4 is 15.5 Å². The van der Waals surface area contributed by atoms with Crippen LogP contribution in [0.3, 0.4) is 0 Å². The molecule has 0 atom stereocenters. The maximum absolute atomic E-state index is 5.40. The molecule has 8 heteroatoms. The summed E-state index contributed by atoms with van der Waals surface area (Å²) >= 11 is 5.32. The molecule has 124 valence electrons. The summed E-state index contributed by atoms with van der Waals surface area (Å²) < 4.78 is 10.4. The molecule has 1 aliphatic heterocycles. The summed E-state index contributed by atoms with van der Waals surface area (Å²) in [4.78, 5) is 2.23. The van der Waals surface area contributed by atoms with Crippen LogP contribution in [0.15, 0.2) is 16.8 Å². The highest BCUT2D eigenvalue weighted by atomic mass is 32.1. The lowest BCUT2D eigenvalue weighted by atomic mass is 10.2. The lowest BCUT2D eigenvalue weighted by Gasteiger charge is -2.28. The number of rotatable bonds is 4. The van der Waals surface area contributed by atoms with Crippen LogP contribution in [0.5, 0.6) is 0 Å². The molecule has 0 amide bonds. The van der Waals surface area contributed by atoms with Gasteiger partial charge in [0.15, 0.2) is 16.1 Å². The van der Waals surface area contributed by atoms with Gasteiger partial charge in [0.1, 0.15) is 0 Å². The molecule has 1 saturated heterocycles. The van der Waals surface area contributed by atoms with Gasteiger partial charge < -0.3 is 20.3 Å². The Morgan fingerprint density at radius 3 is 2.74 bits per heavy atom. The lowest BCUT2D eigenvalue weighted by molar-refractivity contribution is 0.123. The van der Waals surface area contributed by atoms with E-state index in [1.54, 1.807) is 0 Å². The monoisotopic (exact) mass is 335 g/mol. The van der Waals surface area contributed by atoms with Gasteiger partial charge in [-0.15, -0.1) is 0 Å². The average molecular weight is 335 g/mol. The molecular formula is C15H21N5O2S. The Bertz CT molecular complexity index is 682. The number of nitrogens with one attached hydrogen (secondary N) is 2. The first-order valence-corrected chi connectivity index (χ1v) is 8.19. The number of thiocarbonyl (C=S) groups is 1. The summed E-state index contributed by atoms with van der Waals surface area (Å²) in [5.74, 6) is 0.521. The SMILES string of the molecule is CC(C)CNC(=S)Nc1ccc(N2CCOCC2)c2nonc12. The Hall–Kier alpha value is -1.93. The average Bonchev–Trinajstić information content (AvgIpc) is 3.04. The fraction of sp³-hybridized carbons (Fsp3) is 0.533. The number of hydrogen-bond donors (Lipinski definition) is 2. The Kier molecular flexibility index (Phi) is 4.92. The van der Waals surface area contributed by atoms with Gasteiger partial charge in [-0.2, -0.15) is 0 Å². The number of fused-ring (bicyclic) bond motifs is 1. The van der Waals surface area contributed by atoms with Crippen molar-refractivity contribution in [2.24, 2.45) is 5.92 Å². The second-order valence-corrected chi connectivity index (χ2v) is 6.33. The number of hydrogen-bond acceptors (Lipinski definition) is 6. The number of morpholine rings is 1. The van der Waals surface area contributed by atoms with Crippen LogP contribution in [0, 0.1) is 5.92 Å². The number of nitrogens with zero attached hydrogens (tertiary/aromatic N) is 3. The molecule has 2 N–H and O–H groups in total. The molecule has 1 aliphatic rings. The van der Waals surface area contributed by atoms with Gasteiger partial charge in [-0.25, -0.2) is 4.63 Å². The van der Waals surface area contributed by atoms with Gasteiger partial charge in [-0.3, -0.25) is 0 Å². The van der Waals surface area contributed by atoms with Crippen molar-refractivity contribution in [3.8, 4) is 0 Å². The molecular weight excluding hydrogens is 314 g/mol. The van der Waals surface area contributed by atoms with Crippen molar-refractivity contribution in [1.29, 1.82) is 0 Å².